The molecule has 1 aromatic carbocycles. The molecule has 3 heterocycles. The number of nitrogens with zero attached hydrogens (tertiary/aromatic N) is 3. The summed E-state index contributed by atoms with van der Waals surface area (Å²) in [7, 11) is 0. The van der Waals surface area contributed by atoms with E-state index in [-0.39, 0.29) is 12.1 Å². The minimum absolute atomic E-state index is 0.0669. The number of hydrogen-bond acceptors (Lipinski definition) is 7. The highest BCUT2D eigenvalue weighted by molar-refractivity contribution is 5.78. The van der Waals surface area contributed by atoms with Crippen LogP contribution in [0.3, 0.4) is 0 Å². The van der Waals surface area contributed by atoms with Gasteiger partial charge in [-0.1, -0.05) is 6.07 Å². The van der Waals surface area contributed by atoms with Crippen molar-refractivity contribution in [1.29, 1.82) is 0 Å². The summed E-state index contributed by atoms with van der Waals surface area (Å²) in [5.41, 5.74) is 2.56. The Morgan fingerprint density at radius 3 is 2.93 bits per heavy atom. The van der Waals surface area contributed by atoms with Crippen LogP contribution in [-0.2, 0) is 6.54 Å². The molecule has 2 aliphatic rings. The molecule has 1 saturated carbocycles. The minimum Gasteiger partial charge on any atom is -0.489 e. The topological polar surface area (TPSA) is 102 Å². The highest BCUT2D eigenvalue weighted by atomic mass is 16.5. The maximum absolute atomic E-state index is 10.8. The van der Waals surface area contributed by atoms with Crippen molar-refractivity contribution in [2.24, 2.45) is 0 Å². The van der Waals surface area contributed by atoms with Gasteiger partial charge in [-0.15, -0.1) is 0 Å². The fraction of sp³-hybridized carbons (Fsp3) is 0.455. The third-order valence-electron chi connectivity index (χ3n) is 6.09. The summed E-state index contributed by atoms with van der Waals surface area (Å²) in [5.74, 6) is 1.46. The average Bonchev–Trinajstić information content (AvgIpc) is 3.20. The number of aliphatic hydroxyl groups is 2. The van der Waals surface area contributed by atoms with Crippen LogP contribution in [-0.4, -0.2) is 55.7 Å². The van der Waals surface area contributed by atoms with Gasteiger partial charge in [0, 0.05) is 36.7 Å². The first-order valence-corrected chi connectivity index (χ1v) is 10.3. The van der Waals surface area contributed by atoms with E-state index in [1.165, 1.54) is 6.33 Å². The highest BCUT2D eigenvalue weighted by Crippen LogP contribution is 2.38. The molecule has 8 heteroatoms. The van der Waals surface area contributed by atoms with Gasteiger partial charge in [0.2, 0.25) is 0 Å². The van der Waals surface area contributed by atoms with Gasteiger partial charge >= 0.3 is 0 Å². The van der Waals surface area contributed by atoms with E-state index < -0.39 is 18.3 Å². The van der Waals surface area contributed by atoms with Gasteiger partial charge in [-0.05, 0) is 32.0 Å². The van der Waals surface area contributed by atoms with Crippen molar-refractivity contribution in [1.82, 2.24) is 19.9 Å². The monoisotopic (exact) mass is 410 g/mol. The van der Waals surface area contributed by atoms with Crippen molar-refractivity contribution in [3.05, 3.63) is 48.0 Å². The van der Waals surface area contributed by atoms with Gasteiger partial charge in [0.1, 0.15) is 47.9 Å². The second kappa shape index (κ2) is 7.54. The molecule has 5 atom stereocenters. The van der Waals surface area contributed by atoms with Crippen molar-refractivity contribution < 1.29 is 19.7 Å². The molecule has 0 radical (unpaired) electrons. The standard InChI is InChI=1S/C22H26N4O4/c1-12-9-23-10-15-17(29-12)4-3-5-18(15)30-19-8-16(20(27)21(19)28)26-7-6-14-13(2)24-11-25-22(14)26/h3-7,11-12,16,19-21,23,27-28H,8-10H2,1-2H3. The lowest BCUT2D eigenvalue weighted by Gasteiger charge is -2.21. The van der Waals surface area contributed by atoms with Crippen LogP contribution < -0.4 is 14.8 Å². The lowest BCUT2D eigenvalue weighted by Crippen LogP contribution is -2.34. The molecule has 2 aromatic heterocycles. The molecule has 0 spiro atoms. The van der Waals surface area contributed by atoms with Gasteiger partial charge in [-0.2, -0.15) is 0 Å². The predicted molar refractivity (Wildman–Crippen MR) is 111 cm³/mol. The van der Waals surface area contributed by atoms with E-state index in [2.05, 4.69) is 15.3 Å². The van der Waals surface area contributed by atoms with E-state index in [0.29, 0.717) is 18.7 Å². The fourth-order valence-electron chi connectivity index (χ4n) is 4.49. The predicted octanol–water partition coefficient (Wildman–Crippen LogP) is 1.72. The van der Waals surface area contributed by atoms with Crippen molar-refractivity contribution in [2.45, 2.75) is 57.3 Å². The Morgan fingerprint density at radius 1 is 1.20 bits per heavy atom. The van der Waals surface area contributed by atoms with Crippen LogP contribution in [0, 0.1) is 6.92 Å². The summed E-state index contributed by atoms with van der Waals surface area (Å²) in [5, 5.41) is 25.8. The zero-order valence-corrected chi connectivity index (χ0v) is 17.0. The SMILES string of the molecule is Cc1ncnc2c1ccn2C1CC(Oc2cccc3c2CNCC(C)O3)C(O)C1O. The second-order valence-electron chi connectivity index (χ2n) is 8.15. The molecule has 5 rings (SSSR count). The van der Waals surface area contributed by atoms with E-state index in [1.807, 2.05) is 48.9 Å². The third-order valence-corrected chi connectivity index (χ3v) is 6.09. The van der Waals surface area contributed by atoms with Crippen LogP contribution in [0.5, 0.6) is 11.5 Å². The van der Waals surface area contributed by atoms with E-state index in [1.54, 1.807) is 0 Å². The molecule has 1 aliphatic heterocycles. The lowest BCUT2D eigenvalue weighted by molar-refractivity contribution is -0.0166. The number of aliphatic hydroxyl groups excluding tert-OH is 2. The molecule has 3 N–H and O–H groups in total. The van der Waals surface area contributed by atoms with Gasteiger partial charge in [-0.3, -0.25) is 0 Å². The molecule has 0 amide bonds. The summed E-state index contributed by atoms with van der Waals surface area (Å²) in [4.78, 5) is 8.61. The number of hydrogen-bond donors (Lipinski definition) is 3. The Bertz CT molecular complexity index is 1070. The average molecular weight is 410 g/mol. The lowest BCUT2D eigenvalue weighted by atomic mass is 10.1. The smallest absolute Gasteiger partial charge is 0.143 e. The zero-order valence-electron chi connectivity index (χ0n) is 17.0. The Labute approximate surface area is 174 Å². The number of fused-ring (bicyclic) bond motifs is 2. The van der Waals surface area contributed by atoms with E-state index in [4.69, 9.17) is 9.47 Å². The van der Waals surface area contributed by atoms with Gasteiger partial charge in [0.05, 0.1) is 11.7 Å². The zero-order chi connectivity index (χ0) is 20.8. The van der Waals surface area contributed by atoms with Crippen molar-refractivity contribution in [3.8, 4) is 11.5 Å². The van der Waals surface area contributed by atoms with Crippen molar-refractivity contribution >= 4 is 11.0 Å². The summed E-state index contributed by atoms with van der Waals surface area (Å²) in [6.45, 7) is 5.33. The van der Waals surface area contributed by atoms with E-state index >= 15 is 0 Å². The minimum atomic E-state index is -1.01. The molecule has 3 aromatic rings. The number of benzene rings is 1. The van der Waals surface area contributed by atoms with Gasteiger partial charge in [-0.25, -0.2) is 9.97 Å². The maximum atomic E-state index is 10.8. The first kappa shape index (κ1) is 19.3. The number of nitrogens with one attached hydrogen (secondary N) is 1. The van der Waals surface area contributed by atoms with Crippen LogP contribution >= 0.6 is 0 Å². The van der Waals surface area contributed by atoms with Crippen LogP contribution in [0.2, 0.25) is 0 Å². The van der Waals surface area contributed by atoms with Crippen molar-refractivity contribution in [3.63, 3.8) is 0 Å². The molecular weight excluding hydrogens is 384 g/mol. The molecular formula is C22H26N4O4. The highest BCUT2D eigenvalue weighted by Gasteiger charge is 2.44. The van der Waals surface area contributed by atoms with E-state index in [0.717, 1.165) is 34.6 Å². The molecule has 0 bridgehead atoms. The third kappa shape index (κ3) is 3.21. The summed E-state index contributed by atoms with van der Waals surface area (Å²) >= 11 is 0. The fourth-order valence-corrected chi connectivity index (χ4v) is 4.49. The number of aryl methyl sites for hydroxylation is 1. The largest absolute Gasteiger partial charge is 0.489 e. The normalized spacial score (nSPS) is 28.7. The van der Waals surface area contributed by atoms with E-state index in [9.17, 15) is 10.2 Å². The Kier molecular flexibility index (Phi) is 4.85. The number of ether oxygens (including phenoxy) is 2. The van der Waals surface area contributed by atoms with Crippen molar-refractivity contribution in [2.75, 3.05) is 6.54 Å². The Hall–Kier alpha value is -2.68. The molecule has 5 unspecified atom stereocenters. The first-order valence-electron chi connectivity index (χ1n) is 10.3. The Morgan fingerprint density at radius 2 is 2.07 bits per heavy atom. The molecule has 0 saturated heterocycles. The van der Waals surface area contributed by atoms with Crippen LogP contribution in [0.4, 0.5) is 0 Å². The molecule has 30 heavy (non-hydrogen) atoms. The number of aromatic nitrogens is 3. The van der Waals surface area contributed by atoms with Gasteiger partial charge < -0.3 is 29.6 Å². The maximum Gasteiger partial charge on any atom is 0.143 e. The molecule has 1 fully saturated rings. The summed E-state index contributed by atoms with van der Waals surface area (Å²) in [6.07, 6.45) is 1.43. The van der Waals surface area contributed by atoms with Crippen LogP contribution in [0.25, 0.3) is 11.0 Å². The second-order valence-corrected chi connectivity index (χ2v) is 8.15. The Balaban J connectivity index is 1.42. The van der Waals surface area contributed by atoms with Gasteiger partial charge in [0.25, 0.3) is 0 Å². The summed E-state index contributed by atoms with van der Waals surface area (Å²) < 4.78 is 14.1. The van der Waals surface area contributed by atoms with Gasteiger partial charge in [0.15, 0.2) is 0 Å². The molecule has 1 aliphatic carbocycles. The quantitative estimate of drug-likeness (QED) is 0.604. The first-order chi connectivity index (χ1) is 14.5. The summed E-state index contributed by atoms with van der Waals surface area (Å²) in [6, 6.07) is 7.31. The number of rotatable bonds is 3. The van der Waals surface area contributed by atoms with Crippen LogP contribution in [0.15, 0.2) is 36.8 Å². The molecule has 158 valence electrons. The molecule has 8 nitrogen and oxygen atoms in total. The van der Waals surface area contributed by atoms with Crippen LogP contribution in [0.1, 0.15) is 30.6 Å².